The highest BCUT2D eigenvalue weighted by Gasteiger charge is 2.19. The molecule has 0 N–H and O–H groups in total. The fourth-order valence-electron chi connectivity index (χ4n) is 6.87. The number of rotatable bonds is 44. The lowest BCUT2D eigenvalue weighted by atomic mass is 10.0. The maximum Gasteiger partial charge on any atom is 0.306 e. The highest BCUT2D eigenvalue weighted by molar-refractivity contribution is 5.71. The van der Waals surface area contributed by atoms with Crippen molar-refractivity contribution < 1.29 is 28.6 Å². The first-order chi connectivity index (χ1) is 28.0. The number of hydrogen-bond acceptors (Lipinski definition) is 6. The lowest BCUT2D eigenvalue weighted by Gasteiger charge is -2.18. The number of esters is 3. The summed E-state index contributed by atoms with van der Waals surface area (Å²) in [5.74, 6) is -0.897. The molecule has 0 aromatic heterocycles. The van der Waals surface area contributed by atoms with Crippen molar-refractivity contribution in [1.82, 2.24) is 0 Å². The van der Waals surface area contributed by atoms with Gasteiger partial charge in [0.1, 0.15) is 13.2 Å². The van der Waals surface area contributed by atoms with Crippen LogP contribution in [0.1, 0.15) is 252 Å². The van der Waals surface area contributed by atoms with Crippen LogP contribution in [0, 0.1) is 0 Å². The Labute approximate surface area is 353 Å². The van der Waals surface area contributed by atoms with Crippen LogP contribution in [-0.2, 0) is 28.6 Å². The Kier molecular flexibility index (Phi) is 44.4. The lowest BCUT2D eigenvalue weighted by Crippen LogP contribution is -2.30. The van der Waals surface area contributed by atoms with Crippen molar-refractivity contribution in [2.45, 2.75) is 258 Å². The molecule has 0 saturated heterocycles. The molecule has 0 rings (SSSR count). The van der Waals surface area contributed by atoms with Crippen LogP contribution in [0.15, 0.2) is 36.5 Å². The van der Waals surface area contributed by atoms with Gasteiger partial charge >= 0.3 is 17.9 Å². The third kappa shape index (κ3) is 44.6. The quantitative estimate of drug-likeness (QED) is 0.0264. The average Bonchev–Trinajstić information content (AvgIpc) is 3.21. The molecule has 1 unspecified atom stereocenters. The summed E-state index contributed by atoms with van der Waals surface area (Å²) in [5.41, 5.74) is 0. The van der Waals surface area contributed by atoms with Gasteiger partial charge in [-0.05, 0) is 64.2 Å². The Morgan fingerprint density at radius 1 is 0.351 bits per heavy atom. The number of carbonyl (C=O) groups is 3. The summed E-state index contributed by atoms with van der Waals surface area (Å²) in [6.45, 7) is 6.53. The summed E-state index contributed by atoms with van der Waals surface area (Å²) in [7, 11) is 0. The second kappa shape index (κ2) is 46.3. The van der Waals surface area contributed by atoms with Gasteiger partial charge in [0.05, 0.1) is 0 Å². The predicted molar refractivity (Wildman–Crippen MR) is 242 cm³/mol. The van der Waals surface area contributed by atoms with Crippen LogP contribution in [0.2, 0.25) is 0 Å². The van der Waals surface area contributed by atoms with Crippen molar-refractivity contribution in [2.75, 3.05) is 13.2 Å². The van der Waals surface area contributed by atoms with Gasteiger partial charge in [0.25, 0.3) is 0 Å². The first-order valence-electron chi connectivity index (χ1n) is 24.5. The smallest absolute Gasteiger partial charge is 0.306 e. The van der Waals surface area contributed by atoms with Gasteiger partial charge in [0.2, 0.25) is 0 Å². The van der Waals surface area contributed by atoms with Crippen LogP contribution in [-0.4, -0.2) is 37.2 Å². The number of carbonyl (C=O) groups excluding carboxylic acids is 3. The van der Waals surface area contributed by atoms with Gasteiger partial charge < -0.3 is 14.2 Å². The number of hydrogen-bond donors (Lipinski definition) is 0. The van der Waals surface area contributed by atoms with Gasteiger partial charge in [-0.15, -0.1) is 0 Å². The Morgan fingerprint density at radius 2 is 0.684 bits per heavy atom. The van der Waals surface area contributed by atoms with Crippen LogP contribution < -0.4 is 0 Å². The molecule has 332 valence electrons. The Morgan fingerprint density at radius 3 is 1.11 bits per heavy atom. The monoisotopic (exact) mass is 801 g/mol. The van der Waals surface area contributed by atoms with E-state index in [0.29, 0.717) is 19.3 Å². The summed E-state index contributed by atoms with van der Waals surface area (Å²) in [6, 6.07) is 0. The largest absolute Gasteiger partial charge is 0.462 e. The topological polar surface area (TPSA) is 78.9 Å². The zero-order valence-electron chi connectivity index (χ0n) is 37.9. The molecule has 0 bridgehead atoms. The molecule has 1 atom stereocenters. The van der Waals surface area contributed by atoms with Gasteiger partial charge in [-0.1, -0.05) is 205 Å². The zero-order chi connectivity index (χ0) is 41.5. The van der Waals surface area contributed by atoms with Crippen LogP contribution in [0.4, 0.5) is 0 Å². The van der Waals surface area contributed by atoms with Gasteiger partial charge in [-0.25, -0.2) is 0 Å². The molecule has 0 aromatic carbocycles. The molecule has 57 heavy (non-hydrogen) atoms. The van der Waals surface area contributed by atoms with Crippen molar-refractivity contribution in [1.29, 1.82) is 0 Å². The molecule has 0 spiro atoms. The van der Waals surface area contributed by atoms with Crippen LogP contribution >= 0.6 is 0 Å². The fourth-order valence-corrected chi connectivity index (χ4v) is 6.87. The molecule has 0 aliphatic carbocycles. The van der Waals surface area contributed by atoms with E-state index in [1.807, 2.05) is 0 Å². The summed E-state index contributed by atoms with van der Waals surface area (Å²) in [6.07, 6.45) is 52.7. The maximum atomic E-state index is 12.7. The molecule has 0 aromatic rings. The predicted octanol–water partition coefficient (Wildman–Crippen LogP) is 15.8. The van der Waals surface area contributed by atoms with Crippen molar-refractivity contribution in [3.8, 4) is 0 Å². The van der Waals surface area contributed by atoms with Crippen molar-refractivity contribution >= 4 is 17.9 Å². The molecule has 0 amide bonds. The Bertz CT molecular complexity index is 969. The summed E-state index contributed by atoms with van der Waals surface area (Å²) in [4.78, 5) is 37.8. The molecule has 6 nitrogen and oxygen atoms in total. The van der Waals surface area contributed by atoms with E-state index >= 15 is 0 Å². The zero-order valence-corrected chi connectivity index (χ0v) is 37.9. The molecule has 0 fully saturated rings. The molecule has 0 aliphatic rings. The highest BCUT2D eigenvalue weighted by Crippen LogP contribution is 2.15. The molecule has 0 aliphatic heterocycles. The van der Waals surface area contributed by atoms with E-state index in [2.05, 4.69) is 57.2 Å². The first-order valence-corrected chi connectivity index (χ1v) is 24.5. The molecular weight excluding hydrogens is 709 g/mol. The molecular formula is C51H92O6. The first kappa shape index (κ1) is 54.6. The minimum Gasteiger partial charge on any atom is -0.462 e. The summed E-state index contributed by atoms with van der Waals surface area (Å²) in [5, 5.41) is 0. The van der Waals surface area contributed by atoms with E-state index < -0.39 is 6.10 Å². The standard InChI is InChI=1S/C51H92O6/c1-4-7-10-13-16-19-22-24-26-28-29-32-35-38-41-44-50(53)56-47-48(46-55-49(52)43-40-37-34-31-21-18-15-12-9-6-3)57-51(54)45-42-39-36-33-30-27-25-23-20-17-14-11-8-5-2/h12,14-15,17,23,25,48H,4-11,13,16,18-22,24,26-47H2,1-3H3/b15-12-,17-14-,25-23-. The van der Waals surface area contributed by atoms with Gasteiger partial charge in [0.15, 0.2) is 6.10 Å². The van der Waals surface area contributed by atoms with Crippen LogP contribution in [0.5, 0.6) is 0 Å². The van der Waals surface area contributed by atoms with E-state index in [1.54, 1.807) is 0 Å². The van der Waals surface area contributed by atoms with Gasteiger partial charge in [0, 0.05) is 19.3 Å². The second-order valence-electron chi connectivity index (χ2n) is 16.4. The van der Waals surface area contributed by atoms with Crippen molar-refractivity contribution in [3.63, 3.8) is 0 Å². The molecule has 0 saturated carbocycles. The summed E-state index contributed by atoms with van der Waals surface area (Å²) >= 11 is 0. The minimum absolute atomic E-state index is 0.0780. The Balaban J connectivity index is 4.36. The Hall–Kier alpha value is -2.37. The highest BCUT2D eigenvalue weighted by atomic mass is 16.6. The normalized spacial score (nSPS) is 12.3. The SMILES string of the molecule is CCC/C=C\CCCCCCCC(=O)OCC(COC(=O)CCCCCCCCCCCCCCCCC)OC(=O)CCCCCCC/C=C\C/C=C\CCCC. The van der Waals surface area contributed by atoms with E-state index in [4.69, 9.17) is 14.2 Å². The number of allylic oxidation sites excluding steroid dienone is 6. The van der Waals surface area contributed by atoms with E-state index in [9.17, 15) is 14.4 Å². The average molecular weight is 801 g/mol. The van der Waals surface area contributed by atoms with Crippen LogP contribution in [0.3, 0.4) is 0 Å². The lowest BCUT2D eigenvalue weighted by molar-refractivity contribution is -0.167. The third-order valence-corrected chi connectivity index (χ3v) is 10.6. The summed E-state index contributed by atoms with van der Waals surface area (Å²) < 4.78 is 16.7. The van der Waals surface area contributed by atoms with E-state index in [1.165, 1.54) is 116 Å². The van der Waals surface area contributed by atoms with Gasteiger partial charge in [-0.2, -0.15) is 0 Å². The minimum atomic E-state index is -0.777. The number of ether oxygens (including phenoxy) is 3. The molecule has 0 heterocycles. The third-order valence-electron chi connectivity index (χ3n) is 10.6. The van der Waals surface area contributed by atoms with Crippen molar-refractivity contribution in [3.05, 3.63) is 36.5 Å². The van der Waals surface area contributed by atoms with Gasteiger partial charge in [-0.3, -0.25) is 14.4 Å². The van der Waals surface area contributed by atoms with E-state index in [-0.39, 0.29) is 31.1 Å². The van der Waals surface area contributed by atoms with Crippen LogP contribution in [0.25, 0.3) is 0 Å². The molecule has 0 radical (unpaired) electrons. The molecule has 6 heteroatoms. The fraction of sp³-hybridized carbons (Fsp3) is 0.824. The van der Waals surface area contributed by atoms with E-state index in [0.717, 1.165) is 96.3 Å². The van der Waals surface area contributed by atoms with Crippen molar-refractivity contribution in [2.24, 2.45) is 0 Å². The number of unbranched alkanes of at least 4 members (excludes halogenated alkanes) is 27. The second-order valence-corrected chi connectivity index (χ2v) is 16.4. The maximum absolute atomic E-state index is 12.7.